The van der Waals surface area contributed by atoms with Crippen molar-refractivity contribution in [1.82, 2.24) is 5.43 Å². The molecule has 0 aliphatic heterocycles. The Kier molecular flexibility index (Phi) is 8.70. The molecule has 1 amide bonds. The zero-order chi connectivity index (χ0) is 25.0. The van der Waals surface area contributed by atoms with E-state index in [2.05, 4.69) is 10.5 Å². The number of carbonyl (C=O) groups excluding carboxylic acids is 1. The van der Waals surface area contributed by atoms with Gasteiger partial charge in [0.25, 0.3) is 5.91 Å². The number of hydrogen-bond acceptors (Lipinski definition) is 5. The molecule has 0 radical (unpaired) electrons. The minimum atomic E-state index is -0.343. The molecule has 0 heterocycles. The van der Waals surface area contributed by atoms with Gasteiger partial charge in [0.1, 0.15) is 19.0 Å². The molecule has 0 unspecified atom stereocenters. The van der Waals surface area contributed by atoms with Crippen LogP contribution < -0.4 is 19.6 Å². The van der Waals surface area contributed by atoms with Crippen LogP contribution in [0, 0.1) is 0 Å². The van der Waals surface area contributed by atoms with Gasteiger partial charge in [0.05, 0.1) is 12.8 Å². The highest BCUT2D eigenvalue weighted by Gasteiger charge is 2.11. The number of hydrogen-bond donors (Lipinski definition) is 1. The molecule has 6 nitrogen and oxygen atoms in total. The third-order valence-electron chi connectivity index (χ3n) is 5.25. The predicted octanol–water partition coefficient (Wildman–Crippen LogP) is 6.01. The lowest BCUT2D eigenvalue weighted by molar-refractivity contribution is 0.0954. The van der Waals surface area contributed by atoms with Crippen LogP contribution in [-0.2, 0) is 13.2 Å². The molecule has 0 aromatic heterocycles. The van der Waals surface area contributed by atoms with Crippen molar-refractivity contribution in [3.8, 4) is 17.2 Å². The smallest absolute Gasteiger partial charge is 0.271 e. The Morgan fingerprint density at radius 1 is 0.750 bits per heavy atom. The number of amides is 1. The van der Waals surface area contributed by atoms with Gasteiger partial charge in [0.15, 0.2) is 11.5 Å². The van der Waals surface area contributed by atoms with Crippen LogP contribution in [0.3, 0.4) is 0 Å². The Balaban J connectivity index is 1.31. The van der Waals surface area contributed by atoms with E-state index in [1.165, 1.54) is 0 Å². The maximum Gasteiger partial charge on any atom is 0.271 e. The van der Waals surface area contributed by atoms with Gasteiger partial charge >= 0.3 is 0 Å². The summed E-state index contributed by atoms with van der Waals surface area (Å²) in [6.07, 6.45) is 1.58. The molecule has 6 heteroatoms. The first-order chi connectivity index (χ1) is 17.7. The number of ether oxygens (including phenoxy) is 3. The number of nitrogens with one attached hydrogen (secondary N) is 1. The van der Waals surface area contributed by atoms with E-state index in [1.54, 1.807) is 24.4 Å². The molecule has 0 aliphatic carbocycles. The number of benzene rings is 4. The Bertz CT molecular complexity index is 1270. The summed E-state index contributed by atoms with van der Waals surface area (Å²) < 4.78 is 17.4. The predicted molar refractivity (Wildman–Crippen MR) is 141 cm³/mol. The van der Waals surface area contributed by atoms with Gasteiger partial charge < -0.3 is 14.2 Å². The molecule has 1 N–H and O–H groups in total. The fourth-order valence-electron chi connectivity index (χ4n) is 3.39. The van der Waals surface area contributed by atoms with Gasteiger partial charge in [-0.05, 0) is 66.1 Å². The maximum absolute atomic E-state index is 12.6. The summed E-state index contributed by atoms with van der Waals surface area (Å²) in [5.41, 5.74) is 5.97. The molecule has 36 heavy (non-hydrogen) atoms. The van der Waals surface area contributed by atoms with E-state index < -0.39 is 0 Å². The third-order valence-corrected chi connectivity index (χ3v) is 5.25. The monoisotopic (exact) mass is 480 g/mol. The lowest BCUT2D eigenvalue weighted by Gasteiger charge is -2.13. The van der Waals surface area contributed by atoms with E-state index in [0.29, 0.717) is 36.9 Å². The molecule has 0 spiro atoms. The fraction of sp³-hybridized carbons (Fsp3) is 0.133. The molecule has 0 fully saturated rings. The van der Waals surface area contributed by atoms with E-state index in [0.717, 1.165) is 22.4 Å². The molecular formula is C30H28N2O4. The Morgan fingerprint density at radius 3 is 2.03 bits per heavy atom. The largest absolute Gasteiger partial charge is 0.490 e. The average Bonchev–Trinajstić information content (AvgIpc) is 2.93. The molecule has 4 rings (SSSR count). The van der Waals surface area contributed by atoms with Gasteiger partial charge in [0.2, 0.25) is 0 Å². The topological polar surface area (TPSA) is 69.2 Å². The molecule has 0 saturated carbocycles. The lowest BCUT2D eigenvalue weighted by Crippen LogP contribution is -2.17. The average molecular weight is 481 g/mol. The molecule has 0 atom stereocenters. The Morgan fingerprint density at radius 2 is 1.39 bits per heavy atom. The zero-order valence-corrected chi connectivity index (χ0v) is 20.1. The highest BCUT2D eigenvalue weighted by Crippen LogP contribution is 2.29. The molecule has 4 aromatic carbocycles. The van der Waals surface area contributed by atoms with E-state index in [4.69, 9.17) is 14.2 Å². The SMILES string of the molecule is CCOc1cc(C(=O)N/N=C/c2ccc(OCc3ccccc3)cc2)ccc1OCc1ccccc1. The van der Waals surface area contributed by atoms with Crippen molar-refractivity contribution < 1.29 is 19.0 Å². The van der Waals surface area contributed by atoms with E-state index in [9.17, 15) is 4.79 Å². The van der Waals surface area contributed by atoms with Gasteiger partial charge in [-0.25, -0.2) is 5.43 Å². The van der Waals surface area contributed by atoms with E-state index in [-0.39, 0.29) is 5.91 Å². The summed E-state index contributed by atoms with van der Waals surface area (Å²) in [7, 11) is 0. The first-order valence-corrected chi connectivity index (χ1v) is 11.7. The van der Waals surface area contributed by atoms with Gasteiger partial charge in [-0.15, -0.1) is 0 Å². The number of carbonyl (C=O) groups is 1. The molecule has 0 saturated heterocycles. The molecule has 4 aromatic rings. The Hall–Kier alpha value is -4.58. The van der Waals surface area contributed by atoms with E-state index in [1.807, 2.05) is 91.9 Å². The van der Waals surface area contributed by atoms with E-state index >= 15 is 0 Å². The summed E-state index contributed by atoms with van der Waals surface area (Å²) in [4.78, 5) is 12.6. The van der Waals surface area contributed by atoms with Crippen LogP contribution in [0.5, 0.6) is 17.2 Å². The molecule has 0 aliphatic rings. The van der Waals surface area contributed by atoms with Crippen LogP contribution in [0.1, 0.15) is 34.0 Å². The Labute approximate surface area is 211 Å². The van der Waals surface area contributed by atoms with Crippen molar-refractivity contribution in [2.45, 2.75) is 20.1 Å². The van der Waals surface area contributed by atoms with Gasteiger partial charge in [-0.3, -0.25) is 4.79 Å². The van der Waals surface area contributed by atoms with Crippen molar-refractivity contribution in [1.29, 1.82) is 0 Å². The van der Waals surface area contributed by atoms with Crippen molar-refractivity contribution in [3.63, 3.8) is 0 Å². The van der Waals surface area contributed by atoms with Crippen molar-refractivity contribution in [3.05, 3.63) is 125 Å². The summed E-state index contributed by atoms with van der Waals surface area (Å²) in [5.74, 6) is 1.51. The van der Waals surface area contributed by atoms with Crippen LogP contribution >= 0.6 is 0 Å². The van der Waals surface area contributed by atoms with Crippen LogP contribution in [0.15, 0.2) is 108 Å². The number of rotatable bonds is 11. The quantitative estimate of drug-likeness (QED) is 0.211. The summed E-state index contributed by atoms with van der Waals surface area (Å²) in [6, 6.07) is 32.4. The van der Waals surface area contributed by atoms with Crippen LogP contribution in [-0.4, -0.2) is 18.7 Å². The van der Waals surface area contributed by atoms with Crippen molar-refractivity contribution in [2.24, 2.45) is 5.10 Å². The summed E-state index contributed by atoms with van der Waals surface area (Å²) in [5, 5.41) is 4.08. The normalized spacial score (nSPS) is 10.7. The highest BCUT2D eigenvalue weighted by atomic mass is 16.5. The van der Waals surface area contributed by atoms with Crippen LogP contribution in [0.25, 0.3) is 0 Å². The highest BCUT2D eigenvalue weighted by molar-refractivity contribution is 5.95. The fourth-order valence-corrected chi connectivity index (χ4v) is 3.39. The second-order valence-electron chi connectivity index (χ2n) is 7.91. The molecule has 182 valence electrons. The first kappa shape index (κ1) is 24.5. The first-order valence-electron chi connectivity index (χ1n) is 11.7. The van der Waals surface area contributed by atoms with Crippen molar-refractivity contribution in [2.75, 3.05) is 6.61 Å². The van der Waals surface area contributed by atoms with Gasteiger partial charge in [-0.2, -0.15) is 5.10 Å². The second kappa shape index (κ2) is 12.8. The van der Waals surface area contributed by atoms with Crippen LogP contribution in [0.4, 0.5) is 0 Å². The van der Waals surface area contributed by atoms with Gasteiger partial charge in [-0.1, -0.05) is 60.7 Å². The third kappa shape index (κ3) is 7.21. The van der Waals surface area contributed by atoms with Gasteiger partial charge in [0, 0.05) is 5.56 Å². The van der Waals surface area contributed by atoms with Crippen molar-refractivity contribution >= 4 is 12.1 Å². The maximum atomic E-state index is 12.6. The summed E-state index contributed by atoms with van der Waals surface area (Å²) in [6.45, 7) is 3.25. The standard InChI is InChI=1S/C30H28N2O4/c1-2-34-29-19-26(15-18-28(29)36-22-25-11-7-4-8-12-25)30(33)32-31-20-23-13-16-27(17-14-23)35-21-24-9-5-3-6-10-24/h3-20H,2,21-22H2,1H3,(H,32,33)/b31-20+. The van der Waals surface area contributed by atoms with Crippen LogP contribution in [0.2, 0.25) is 0 Å². The molecular weight excluding hydrogens is 452 g/mol. The number of hydrazone groups is 1. The molecule has 0 bridgehead atoms. The second-order valence-corrected chi connectivity index (χ2v) is 7.91. The lowest BCUT2D eigenvalue weighted by atomic mass is 10.2. The number of nitrogens with zero attached hydrogens (tertiary/aromatic N) is 1. The zero-order valence-electron chi connectivity index (χ0n) is 20.1. The minimum Gasteiger partial charge on any atom is -0.490 e. The minimum absolute atomic E-state index is 0.343. The summed E-state index contributed by atoms with van der Waals surface area (Å²) >= 11 is 0.